The van der Waals surface area contributed by atoms with Gasteiger partial charge in [-0.1, -0.05) is 0 Å². The van der Waals surface area contributed by atoms with Crippen LogP contribution >= 0.6 is 11.0 Å². The van der Waals surface area contributed by atoms with Gasteiger partial charge in [0, 0.05) is 0 Å². The zero-order chi connectivity index (χ0) is 5.28. The van der Waals surface area contributed by atoms with Gasteiger partial charge in [0.25, 0.3) is 0 Å². The van der Waals surface area contributed by atoms with Gasteiger partial charge in [0.05, 0.1) is 11.0 Å². The number of hydrogen-bond acceptors (Lipinski definition) is 3. The molecule has 0 aromatic heterocycles. The molecular formula is C3H6N2OS. The topological polar surface area (TPSA) is 33.6 Å². The monoisotopic (exact) mass is 118 g/mol. The molecule has 0 aromatic carbocycles. The normalized spacial score (nSPS) is 29.3. The molecule has 1 N–H and O–H groups in total. The Morgan fingerprint density at radius 3 is 2.86 bits per heavy atom. The highest BCUT2D eigenvalue weighted by Gasteiger charge is 1.99. The molecule has 1 aliphatic heterocycles. The summed E-state index contributed by atoms with van der Waals surface area (Å²) in [6.45, 7) is 1.83. The van der Waals surface area contributed by atoms with Crippen LogP contribution in [0.1, 0.15) is 6.92 Å². The first-order chi connectivity index (χ1) is 3.29. The number of rotatable bonds is 0. The molecule has 0 amide bonds. The van der Waals surface area contributed by atoms with E-state index in [1.165, 1.54) is 0 Å². The van der Waals surface area contributed by atoms with E-state index in [2.05, 4.69) is 15.7 Å². The predicted molar refractivity (Wildman–Crippen MR) is 32.0 cm³/mol. The Morgan fingerprint density at radius 2 is 2.71 bits per heavy atom. The quantitative estimate of drug-likeness (QED) is 0.469. The maximum Gasteiger partial charge on any atom is 0.134 e. The first kappa shape index (κ1) is 4.80. The summed E-state index contributed by atoms with van der Waals surface area (Å²) in [5.74, 6) is 4.35. The molecule has 1 unspecified atom stereocenters. The van der Waals surface area contributed by atoms with Crippen LogP contribution in [0.4, 0.5) is 0 Å². The SMILES string of the molecule is C=S1N=C(C)NO1. The molecule has 1 rings (SSSR count). The Balaban J connectivity index is 2.67. The fourth-order valence-corrected chi connectivity index (χ4v) is 0.895. The minimum atomic E-state index is -0.476. The van der Waals surface area contributed by atoms with Crippen LogP contribution < -0.4 is 5.48 Å². The predicted octanol–water partition coefficient (Wildman–Crippen LogP) is 0.470. The summed E-state index contributed by atoms with van der Waals surface area (Å²) in [5, 5.41) is 0. The Hall–Kier alpha value is -0.350. The number of nitrogens with zero attached hydrogens (tertiary/aromatic N) is 1. The van der Waals surface area contributed by atoms with Gasteiger partial charge in [-0.2, -0.15) is 8.68 Å². The van der Waals surface area contributed by atoms with E-state index in [0.29, 0.717) is 0 Å². The number of amidine groups is 1. The fraction of sp³-hybridized carbons (Fsp3) is 0.333. The average molecular weight is 118 g/mol. The van der Waals surface area contributed by atoms with Crippen molar-refractivity contribution in [1.82, 2.24) is 5.48 Å². The Bertz CT molecular complexity index is 131. The fourth-order valence-electron chi connectivity index (χ4n) is 0.298. The molecule has 0 bridgehead atoms. The first-order valence-corrected chi connectivity index (χ1v) is 3.09. The summed E-state index contributed by atoms with van der Waals surface area (Å²) in [5.41, 5.74) is 2.57. The van der Waals surface area contributed by atoms with E-state index in [1.54, 1.807) is 0 Å². The number of hydrogen-bond donors (Lipinski definition) is 1. The molecule has 1 atom stereocenters. The van der Waals surface area contributed by atoms with E-state index in [9.17, 15) is 0 Å². The molecule has 0 fully saturated rings. The van der Waals surface area contributed by atoms with Crippen LogP contribution in [0.3, 0.4) is 0 Å². The third kappa shape index (κ3) is 1.01. The summed E-state index contributed by atoms with van der Waals surface area (Å²) in [4.78, 5) is 0. The Labute approximate surface area is 44.6 Å². The Kier molecular flexibility index (Phi) is 1.12. The van der Waals surface area contributed by atoms with Crippen molar-refractivity contribution in [3.8, 4) is 0 Å². The van der Waals surface area contributed by atoms with Crippen molar-refractivity contribution in [2.75, 3.05) is 0 Å². The van der Waals surface area contributed by atoms with Crippen molar-refractivity contribution in [3.05, 3.63) is 0 Å². The molecule has 0 saturated carbocycles. The van der Waals surface area contributed by atoms with E-state index < -0.39 is 11.0 Å². The van der Waals surface area contributed by atoms with Crippen molar-refractivity contribution < 1.29 is 4.28 Å². The number of nitrogens with one attached hydrogen (secondary N) is 1. The number of hydroxylamine groups is 1. The van der Waals surface area contributed by atoms with E-state index in [-0.39, 0.29) is 0 Å². The zero-order valence-corrected chi connectivity index (χ0v) is 4.79. The highest BCUT2D eigenvalue weighted by atomic mass is 32.2. The molecule has 0 aliphatic carbocycles. The van der Waals surface area contributed by atoms with Gasteiger partial charge in [0.2, 0.25) is 0 Å². The smallest absolute Gasteiger partial charge is 0.134 e. The van der Waals surface area contributed by atoms with Gasteiger partial charge in [0.15, 0.2) is 0 Å². The van der Waals surface area contributed by atoms with Crippen LogP contribution in [0.2, 0.25) is 0 Å². The van der Waals surface area contributed by atoms with Gasteiger partial charge in [-0.15, -0.1) is 0 Å². The van der Waals surface area contributed by atoms with Crippen LogP contribution in [0.15, 0.2) is 4.40 Å². The molecule has 4 heteroatoms. The second-order valence-electron chi connectivity index (χ2n) is 1.18. The van der Waals surface area contributed by atoms with Gasteiger partial charge in [-0.05, 0) is 12.8 Å². The molecule has 40 valence electrons. The highest BCUT2D eigenvalue weighted by Crippen LogP contribution is 2.15. The summed E-state index contributed by atoms with van der Waals surface area (Å²) in [6, 6.07) is 0. The van der Waals surface area contributed by atoms with Gasteiger partial charge >= 0.3 is 0 Å². The molecular weight excluding hydrogens is 112 g/mol. The molecule has 7 heavy (non-hydrogen) atoms. The second-order valence-corrected chi connectivity index (χ2v) is 2.18. The third-order valence-corrected chi connectivity index (χ3v) is 1.28. The van der Waals surface area contributed by atoms with Crippen molar-refractivity contribution in [1.29, 1.82) is 0 Å². The van der Waals surface area contributed by atoms with Crippen molar-refractivity contribution in [2.45, 2.75) is 6.92 Å². The summed E-state index contributed by atoms with van der Waals surface area (Å²) in [6.07, 6.45) is 0. The van der Waals surface area contributed by atoms with Crippen molar-refractivity contribution >= 4 is 22.7 Å². The molecule has 0 spiro atoms. The lowest BCUT2D eigenvalue weighted by Gasteiger charge is -1.86. The van der Waals surface area contributed by atoms with Crippen molar-refractivity contribution in [3.63, 3.8) is 0 Å². The van der Waals surface area contributed by atoms with Gasteiger partial charge in [-0.25, -0.2) is 5.48 Å². The maximum atomic E-state index is 4.73. The van der Waals surface area contributed by atoms with Gasteiger partial charge < -0.3 is 0 Å². The minimum absolute atomic E-state index is 0.476. The highest BCUT2D eigenvalue weighted by molar-refractivity contribution is 8.09. The maximum absolute atomic E-state index is 4.73. The molecule has 1 heterocycles. The van der Waals surface area contributed by atoms with Crippen LogP contribution in [0.5, 0.6) is 0 Å². The minimum Gasteiger partial charge on any atom is -0.238 e. The first-order valence-electron chi connectivity index (χ1n) is 1.82. The molecule has 1 aliphatic rings. The van der Waals surface area contributed by atoms with Crippen molar-refractivity contribution in [2.24, 2.45) is 4.40 Å². The van der Waals surface area contributed by atoms with Crippen LogP contribution in [0.25, 0.3) is 0 Å². The lowest BCUT2D eigenvalue weighted by molar-refractivity contribution is 0.325. The second kappa shape index (κ2) is 1.63. The standard InChI is InChI=1S/C3H6N2OS/c1-3-4-6-7(2)5-3/h2H2,1H3,(H,4,5). The summed E-state index contributed by atoms with van der Waals surface area (Å²) < 4.78 is 8.62. The molecule has 0 radical (unpaired) electrons. The largest absolute Gasteiger partial charge is 0.238 e. The van der Waals surface area contributed by atoms with Gasteiger partial charge in [0.1, 0.15) is 5.84 Å². The van der Waals surface area contributed by atoms with Gasteiger partial charge in [-0.3, -0.25) is 0 Å². The van der Waals surface area contributed by atoms with E-state index >= 15 is 0 Å². The molecule has 0 aromatic rings. The molecule has 3 nitrogen and oxygen atoms in total. The third-order valence-electron chi connectivity index (χ3n) is 0.524. The van der Waals surface area contributed by atoms with Crippen LogP contribution in [-0.2, 0) is 4.28 Å². The lowest BCUT2D eigenvalue weighted by Crippen LogP contribution is -2.10. The summed E-state index contributed by atoms with van der Waals surface area (Å²) >= 11 is 0. The van der Waals surface area contributed by atoms with E-state index in [0.717, 1.165) is 5.84 Å². The van der Waals surface area contributed by atoms with Crippen LogP contribution in [-0.4, -0.2) is 11.7 Å². The van der Waals surface area contributed by atoms with E-state index in [1.807, 2.05) is 6.92 Å². The van der Waals surface area contributed by atoms with Crippen LogP contribution in [0, 0.1) is 0 Å². The zero-order valence-electron chi connectivity index (χ0n) is 3.97. The Morgan fingerprint density at radius 1 is 2.00 bits per heavy atom. The average Bonchev–Trinajstić information content (AvgIpc) is 1.87. The molecule has 0 saturated heterocycles. The lowest BCUT2D eigenvalue weighted by atomic mass is 10.7. The summed E-state index contributed by atoms with van der Waals surface area (Å²) in [7, 11) is -0.476. The van der Waals surface area contributed by atoms with E-state index in [4.69, 9.17) is 4.28 Å².